The summed E-state index contributed by atoms with van der Waals surface area (Å²) in [5.74, 6) is 0.576. The average Bonchev–Trinajstić information content (AvgIpc) is 3.26. The van der Waals surface area contributed by atoms with Crippen LogP contribution >= 0.6 is 22.9 Å². The summed E-state index contributed by atoms with van der Waals surface area (Å²) in [5.41, 5.74) is 0.860. The second kappa shape index (κ2) is 12.3. The fourth-order valence-corrected chi connectivity index (χ4v) is 5.22. The van der Waals surface area contributed by atoms with E-state index >= 15 is 0 Å². The van der Waals surface area contributed by atoms with E-state index in [0.29, 0.717) is 45.8 Å². The number of rotatable bonds is 8. The van der Waals surface area contributed by atoms with E-state index in [-0.39, 0.29) is 14.8 Å². The molecule has 3 aromatic carbocycles. The third-order valence-corrected chi connectivity index (χ3v) is 6.96. The van der Waals surface area contributed by atoms with Gasteiger partial charge in [0.25, 0.3) is 11.5 Å². The van der Waals surface area contributed by atoms with Crippen LogP contribution < -0.4 is 34.3 Å². The standard InChI is InChI=1S/C29H24ClN3O5S/c1-4-38-26-21(30)14-18(15-24(26)37-3)16-25-28(35)33(19-10-6-5-7-11-19)29(39-25)20(17-31)27(34)32-22-12-8-9-13-23(22)36-2/h5-16H,4H2,1-3H3,(H,32,34). The van der Waals surface area contributed by atoms with E-state index in [1.807, 2.05) is 19.1 Å². The Morgan fingerprint density at radius 1 is 1.08 bits per heavy atom. The number of nitrogens with one attached hydrogen (secondary N) is 1. The number of anilines is 1. The van der Waals surface area contributed by atoms with Crippen LogP contribution in [0.25, 0.3) is 17.3 Å². The highest BCUT2D eigenvalue weighted by Crippen LogP contribution is 2.36. The topological polar surface area (TPSA) is 103 Å². The number of thiazole rings is 1. The lowest BCUT2D eigenvalue weighted by atomic mass is 10.2. The minimum absolute atomic E-state index is 0.177. The number of methoxy groups -OCH3 is 2. The molecule has 4 rings (SSSR count). The number of nitriles is 1. The maximum absolute atomic E-state index is 13.7. The summed E-state index contributed by atoms with van der Waals surface area (Å²) in [5, 5.41) is 13.1. The average molecular weight is 562 g/mol. The summed E-state index contributed by atoms with van der Waals surface area (Å²) < 4.78 is 18.1. The third-order valence-electron chi connectivity index (χ3n) is 5.58. The fourth-order valence-electron chi connectivity index (χ4n) is 3.85. The number of benzene rings is 3. The van der Waals surface area contributed by atoms with Gasteiger partial charge >= 0.3 is 0 Å². The molecule has 198 valence electrons. The smallest absolute Gasteiger partial charge is 0.273 e. The van der Waals surface area contributed by atoms with Crippen molar-refractivity contribution >= 4 is 46.2 Å². The summed E-state index contributed by atoms with van der Waals surface area (Å²) in [6, 6.07) is 21.0. The van der Waals surface area contributed by atoms with Gasteiger partial charge < -0.3 is 19.5 Å². The predicted molar refractivity (Wildman–Crippen MR) is 153 cm³/mol. The Bertz CT molecular complexity index is 1740. The van der Waals surface area contributed by atoms with E-state index in [1.165, 1.54) is 18.8 Å². The number of halogens is 1. The van der Waals surface area contributed by atoms with Gasteiger partial charge in [0.05, 0.1) is 41.8 Å². The zero-order chi connectivity index (χ0) is 27.9. The number of amides is 1. The SMILES string of the molecule is CCOc1c(Cl)cc(C=c2sc(=C(C#N)C(=O)Nc3ccccc3OC)n(-c3ccccc3)c2=O)cc1OC. The highest BCUT2D eigenvalue weighted by atomic mass is 35.5. The first kappa shape index (κ1) is 27.5. The molecule has 1 aromatic heterocycles. The van der Waals surface area contributed by atoms with Gasteiger partial charge in [-0.2, -0.15) is 5.26 Å². The minimum atomic E-state index is -0.676. The van der Waals surface area contributed by atoms with Crippen molar-refractivity contribution in [3.8, 4) is 29.0 Å². The van der Waals surface area contributed by atoms with Crippen LogP contribution in [-0.4, -0.2) is 31.3 Å². The molecule has 39 heavy (non-hydrogen) atoms. The lowest BCUT2D eigenvalue weighted by Crippen LogP contribution is -2.32. The molecule has 0 saturated heterocycles. The molecule has 1 N–H and O–H groups in total. The van der Waals surface area contributed by atoms with Crippen molar-refractivity contribution in [2.75, 3.05) is 26.1 Å². The van der Waals surface area contributed by atoms with E-state index in [1.54, 1.807) is 66.7 Å². The summed E-state index contributed by atoms with van der Waals surface area (Å²) in [6.07, 6.45) is 1.63. The summed E-state index contributed by atoms with van der Waals surface area (Å²) in [7, 11) is 2.98. The number of hydrogen-bond acceptors (Lipinski definition) is 7. The number of aromatic nitrogens is 1. The molecule has 0 bridgehead atoms. The van der Waals surface area contributed by atoms with Gasteiger partial charge in [-0.1, -0.05) is 41.9 Å². The molecule has 0 atom stereocenters. The van der Waals surface area contributed by atoms with Gasteiger partial charge in [-0.15, -0.1) is 11.3 Å². The van der Waals surface area contributed by atoms with Gasteiger partial charge in [-0.05, 0) is 55.0 Å². The molecule has 10 heteroatoms. The lowest BCUT2D eigenvalue weighted by Gasteiger charge is -2.11. The Labute approximate surface area is 233 Å². The van der Waals surface area contributed by atoms with Gasteiger partial charge in [-0.25, -0.2) is 0 Å². The Morgan fingerprint density at radius 3 is 2.44 bits per heavy atom. The first-order valence-corrected chi connectivity index (χ1v) is 13.0. The number of hydrogen-bond donors (Lipinski definition) is 1. The van der Waals surface area contributed by atoms with Crippen molar-refractivity contribution in [2.45, 2.75) is 6.92 Å². The van der Waals surface area contributed by atoms with Gasteiger partial charge in [0, 0.05) is 0 Å². The number of nitrogens with zero attached hydrogens (tertiary/aromatic N) is 2. The second-order valence-corrected chi connectivity index (χ2v) is 9.44. The molecule has 0 aliphatic heterocycles. The van der Waals surface area contributed by atoms with Crippen molar-refractivity contribution in [1.82, 2.24) is 4.57 Å². The monoisotopic (exact) mass is 561 g/mol. The largest absolute Gasteiger partial charge is 0.495 e. The fraction of sp³-hybridized carbons (Fsp3) is 0.138. The van der Waals surface area contributed by atoms with Crippen molar-refractivity contribution < 1.29 is 19.0 Å². The van der Waals surface area contributed by atoms with Gasteiger partial charge in [-0.3, -0.25) is 14.2 Å². The minimum Gasteiger partial charge on any atom is -0.495 e. The van der Waals surface area contributed by atoms with Crippen LogP contribution in [-0.2, 0) is 4.79 Å². The van der Waals surface area contributed by atoms with Crippen LogP contribution in [0.15, 0.2) is 71.5 Å². The maximum Gasteiger partial charge on any atom is 0.273 e. The summed E-state index contributed by atoms with van der Waals surface area (Å²) in [6.45, 7) is 2.24. The number of para-hydroxylation sites is 3. The first-order chi connectivity index (χ1) is 18.9. The molecule has 0 spiro atoms. The van der Waals surface area contributed by atoms with Crippen LogP contribution in [0.2, 0.25) is 5.02 Å². The normalized spacial score (nSPS) is 11.9. The number of ether oxygens (including phenoxy) is 3. The third kappa shape index (κ3) is 5.82. The molecule has 1 amide bonds. The van der Waals surface area contributed by atoms with E-state index in [9.17, 15) is 14.9 Å². The highest BCUT2D eigenvalue weighted by Gasteiger charge is 2.19. The first-order valence-electron chi connectivity index (χ1n) is 11.8. The molecule has 0 radical (unpaired) electrons. The zero-order valence-corrected chi connectivity index (χ0v) is 22.9. The van der Waals surface area contributed by atoms with Crippen molar-refractivity contribution in [2.24, 2.45) is 0 Å². The molecule has 0 saturated carbocycles. The van der Waals surface area contributed by atoms with Crippen LogP contribution in [0.3, 0.4) is 0 Å². The van der Waals surface area contributed by atoms with E-state index in [2.05, 4.69) is 5.32 Å². The zero-order valence-electron chi connectivity index (χ0n) is 21.4. The Hall–Kier alpha value is -4.52. The van der Waals surface area contributed by atoms with Crippen molar-refractivity contribution in [3.05, 3.63) is 96.9 Å². The van der Waals surface area contributed by atoms with Gasteiger partial charge in [0.15, 0.2) is 17.1 Å². The van der Waals surface area contributed by atoms with Crippen molar-refractivity contribution in [3.63, 3.8) is 0 Å². The molecule has 8 nitrogen and oxygen atoms in total. The van der Waals surface area contributed by atoms with Gasteiger partial charge in [0.1, 0.15) is 16.5 Å². The molecule has 1 heterocycles. The quantitative estimate of drug-likeness (QED) is 0.347. The molecular weight excluding hydrogens is 538 g/mol. The summed E-state index contributed by atoms with van der Waals surface area (Å²) >= 11 is 7.45. The van der Waals surface area contributed by atoms with Crippen LogP contribution in [0, 0.1) is 11.3 Å². The summed E-state index contributed by atoms with van der Waals surface area (Å²) in [4.78, 5) is 27.0. The Morgan fingerprint density at radius 2 is 1.77 bits per heavy atom. The highest BCUT2D eigenvalue weighted by molar-refractivity contribution is 7.07. The van der Waals surface area contributed by atoms with Crippen LogP contribution in [0.5, 0.6) is 17.2 Å². The molecule has 0 aliphatic carbocycles. The molecule has 0 aliphatic rings. The second-order valence-electron chi connectivity index (χ2n) is 8.00. The van der Waals surface area contributed by atoms with Crippen LogP contribution in [0.1, 0.15) is 12.5 Å². The van der Waals surface area contributed by atoms with E-state index < -0.39 is 11.5 Å². The van der Waals surface area contributed by atoms with Crippen molar-refractivity contribution in [1.29, 1.82) is 5.26 Å². The molecule has 0 unspecified atom stereocenters. The number of carbonyl (C=O) groups excluding carboxylic acids is 1. The molecular formula is C29H24ClN3O5S. The molecule has 4 aromatic rings. The van der Waals surface area contributed by atoms with Crippen LogP contribution in [0.4, 0.5) is 5.69 Å². The number of carbonyl (C=O) groups is 1. The Kier molecular flexibility index (Phi) is 8.71. The Balaban J connectivity index is 1.95. The lowest BCUT2D eigenvalue weighted by molar-refractivity contribution is -0.111. The molecule has 0 fully saturated rings. The van der Waals surface area contributed by atoms with Gasteiger partial charge in [0.2, 0.25) is 0 Å². The predicted octanol–water partition coefficient (Wildman–Crippen LogP) is 4.11. The van der Waals surface area contributed by atoms with E-state index in [0.717, 1.165) is 11.3 Å². The van der Waals surface area contributed by atoms with E-state index in [4.69, 9.17) is 25.8 Å². The maximum atomic E-state index is 13.7.